The summed E-state index contributed by atoms with van der Waals surface area (Å²) in [5, 5.41) is 0. The van der Waals surface area contributed by atoms with Crippen molar-refractivity contribution in [2.24, 2.45) is 16.6 Å². The van der Waals surface area contributed by atoms with E-state index in [4.69, 9.17) is 5.73 Å². The van der Waals surface area contributed by atoms with Gasteiger partial charge in [0.2, 0.25) is 0 Å². The number of nitrogens with two attached hydrogens (primary N) is 1. The summed E-state index contributed by atoms with van der Waals surface area (Å²) < 4.78 is 0. The first kappa shape index (κ1) is 15.4. The molecule has 2 nitrogen and oxygen atoms in total. The molecule has 0 amide bonds. The van der Waals surface area contributed by atoms with Gasteiger partial charge >= 0.3 is 0 Å². The molecule has 0 aromatic rings. The van der Waals surface area contributed by atoms with Crippen molar-refractivity contribution in [3.63, 3.8) is 0 Å². The van der Waals surface area contributed by atoms with Crippen LogP contribution in [0.5, 0.6) is 0 Å². The number of hydrogen-bond acceptors (Lipinski definition) is 1. The summed E-state index contributed by atoms with van der Waals surface area (Å²) in [6.07, 6.45) is 3.66. The minimum atomic E-state index is 0.401. The van der Waals surface area contributed by atoms with Crippen molar-refractivity contribution in [1.29, 1.82) is 0 Å². The number of aliphatic imine (C=N–C) groups is 1. The van der Waals surface area contributed by atoms with Gasteiger partial charge in [-0.05, 0) is 18.4 Å². The smallest absolute Gasteiger partial charge is 0.121 e. The summed E-state index contributed by atoms with van der Waals surface area (Å²) in [6, 6.07) is 0. The van der Waals surface area contributed by atoms with Crippen molar-refractivity contribution in [1.82, 2.24) is 0 Å². The van der Waals surface area contributed by atoms with Crippen LogP contribution in [0.2, 0.25) is 0 Å². The van der Waals surface area contributed by atoms with Crippen molar-refractivity contribution in [3.05, 3.63) is 24.3 Å². The maximum atomic E-state index is 5.75. The van der Waals surface area contributed by atoms with E-state index in [0.717, 1.165) is 12.1 Å². The zero-order chi connectivity index (χ0) is 11.6. The van der Waals surface area contributed by atoms with Gasteiger partial charge < -0.3 is 5.73 Å². The van der Waals surface area contributed by atoms with Crippen LogP contribution < -0.4 is 5.73 Å². The quantitative estimate of drug-likeness (QED) is 0.418. The van der Waals surface area contributed by atoms with Crippen LogP contribution in [0.1, 0.15) is 34.6 Å². The van der Waals surface area contributed by atoms with Crippen molar-refractivity contribution in [2.75, 3.05) is 6.54 Å². The second-order valence-electron chi connectivity index (χ2n) is 2.87. The van der Waals surface area contributed by atoms with Gasteiger partial charge in [-0.25, -0.2) is 0 Å². The van der Waals surface area contributed by atoms with E-state index in [1.165, 1.54) is 0 Å². The molecule has 0 rings (SSSR count). The zero-order valence-corrected chi connectivity index (χ0v) is 10.2. The van der Waals surface area contributed by atoms with E-state index in [1.807, 2.05) is 26.8 Å². The molecule has 82 valence electrons. The molecular weight excluding hydrogens is 172 g/mol. The van der Waals surface area contributed by atoms with E-state index in [2.05, 4.69) is 25.4 Å². The lowest BCUT2D eigenvalue weighted by molar-refractivity contribution is 0.799. The van der Waals surface area contributed by atoms with E-state index in [-0.39, 0.29) is 0 Å². The second kappa shape index (κ2) is 10.0. The highest BCUT2D eigenvalue weighted by Gasteiger charge is 2.05. The van der Waals surface area contributed by atoms with Crippen LogP contribution in [0.4, 0.5) is 0 Å². The molecule has 0 aliphatic carbocycles. The molecule has 2 N–H and O–H groups in total. The third-order valence-corrected chi connectivity index (χ3v) is 1.54. The van der Waals surface area contributed by atoms with Gasteiger partial charge in [-0.2, -0.15) is 0 Å². The Morgan fingerprint density at radius 3 is 2.21 bits per heavy atom. The predicted octanol–water partition coefficient (Wildman–Crippen LogP) is 3.16. The lowest BCUT2D eigenvalue weighted by Crippen LogP contribution is -2.18. The average molecular weight is 196 g/mol. The lowest BCUT2D eigenvalue weighted by Gasteiger charge is -2.09. The predicted molar refractivity (Wildman–Crippen MR) is 66.6 cm³/mol. The molecule has 0 aliphatic heterocycles. The van der Waals surface area contributed by atoms with Crippen molar-refractivity contribution >= 4 is 5.84 Å². The topological polar surface area (TPSA) is 38.4 Å². The van der Waals surface area contributed by atoms with Gasteiger partial charge in [-0.15, -0.1) is 0 Å². The molecule has 0 fully saturated rings. The van der Waals surface area contributed by atoms with Gasteiger partial charge in [0.15, 0.2) is 0 Å². The molecule has 2 heteroatoms. The zero-order valence-electron chi connectivity index (χ0n) is 10.2. The molecule has 14 heavy (non-hydrogen) atoms. The van der Waals surface area contributed by atoms with Crippen molar-refractivity contribution in [3.8, 4) is 0 Å². The molecule has 0 aromatic heterocycles. The van der Waals surface area contributed by atoms with Gasteiger partial charge in [0, 0.05) is 6.54 Å². The van der Waals surface area contributed by atoms with Gasteiger partial charge in [-0.3, -0.25) is 4.99 Å². The summed E-state index contributed by atoms with van der Waals surface area (Å²) in [5.41, 5.74) is 6.81. The Morgan fingerprint density at radius 1 is 1.43 bits per heavy atom. The second-order valence-corrected chi connectivity index (χ2v) is 2.87. The first-order valence-electron chi connectivity index (χ1n) is 5.26. The van der Waals surface area contributed by atoms with Gasteiger partial charge in [-0.1, -0.05) is 46.4 Å². The van der Waals surface area contributed by atoms with E-state index in [9.17, 15) is 0 Å². The normalized spacial score (nSPS) is 12.1. The first-order chi connectivity index (χ1) is 6.63. The number of allylic oxidation sites excluding steroid dienone is 2. The molecule has 0 unspecified atom stereocenters. The van der Waals surface area contributed by atoms with E-state index in [0.29, 0.717) is 11.8 Å². The fourth-order valence-electron chi connectivity index (χ4n) is 0.962. The largest absolute Gasteiger partial charge is 0.384 e. The van der Waals surface area contributed by atoms with Crippen LogP contribution in [0, 0.1) is 5.92 Å². The highest BCUT2D eigenvalue weighted by Crippen LogP contribution is 2.09. The fourth-order valence-corrected chi connectivity index (χ4v) is 0.962. The van der Waals surface area contributed by atoms with Crippen LogP contribution in [0.15, 0.2) is 29.3 Å². The summed E-state index contributed by atoms with van der Waals surface area (Å²) in [6.45, 7) is 14.5. The van der Waals surface area contributed by atoms with Gasteiger partial charge in [0.05, 0.1) is 0 Å². The van der Waals surface area contributed by atoms with E-state index < -0.39 is 0 Å². The SMILES string of the molecule is C=C/C=C(\C(N)=NCC)C(C)C.CC. The Labute approximate surface area is 88.6 Å². The summed E-state index contributed by atoms with van der Waals surface area (Å²) in [7, 11) is 0. The molecule has 0 radical (unpaired) electrons. The van der Waals surface area contributed by atoms with Crippen LogP contribution in [-0.4, -0.2) is 12.4 Å². The Balaban J connectivity index is 0. The Bertz CT molecular complexity index is 200. The summed E-state index contributed by atoms with van der Waals surface area (Å²) in [4.78, 5) is 4.14. The minimum Gasteiger partial charge on any atom is -0.384 e. The molecule has 0 heterocycles. The van der Waals surface area contributed by atoms with Gasteiger partial charge in [0.1, 0.15) is 5.84 Å². The average Bonchev–Trinajstić information content (AvgIpc) is 2.17. The standard InChI is InChI=1S/C10H18N2.C2H6/c1-5-7-9(8(3)4)10(11)12-6-2;1-2/h5,7-8H,1,6H2,2-4H3,(H2,11,12);1-2H3/b9-7-;. The molecule has 0 aromatic carbocycles. The molecule has 0 spiro atoms. The third kappa shape index (κ3) is 6.46. The minimum absolute atomic E-state index is 0.401. The molecule has 0 bridgehead atoms. The maximum Gasteiger partial charge on any atom is 0.121 e. The van der Waals surface area contributed by atoms with Crippen LogP contribution in [0.3, 0.4) is 0 Å². The van der Waals surface area contributed by atoms with Gasteiger partial charge in [0.25, 0.3) is 0 Å². The lowest BCUT2D eigenvalue weighted by atomic mass is 10.0. The van der Waals surface area contributed by atoms with Crippen molar-refractivity contribution < 1.29 is 0 Å². The number of hydrogen-bond donors (Lipinski definition) is 1. The molecule has 0 atom stereocenters. The van der Waals surface area contributed by atoms with E-state index >= 15 is 0 Å². The monoisotopic (exact) mass is 196 g/mol. The summed E-state index contributed by atoms with van der Waals surface area (Å²) in [5.74, 6) is 1.03. The van der Waals surface area contributed by atoms with E-state index in [1.54, 1.807) is 6.08 Å². The van der Waals surface area contributed by atoms with Crippen molar-refractivity contribution in [2.45, 2.75) is 34.6 Å². The Kier molecular flexibility index (Phi) is 11.1. The highest BCUT2D eigenvalue weighted by molar-refractivity contribution is 5.97. The first-order valence-corrected chi connectivity index (χ1v) is 5.26. The Hall–Kier alpha value is -1.05. The number of nitrogens with zero attached hydrogens (tertiary/aromatic N) is 1. The summed E-state index contributed by atoms with van der Waals surface area (Å²) >= 11 is 0. The van der Waals surface area contributed by atoms with Crippen LogP contribution >= 0.6 is 0 Å². The molecular formula is C12H24N2. The highest BCUT2D eigenvalue weighted by atomic mass is 14.8. The maximum absolute atomic E-state index is 5.75. The van der Waals surface area contributed by atoms with Crippen LogP contribution in [0.25, 0.3) is 0 Å². The molecule has 0 aliphatic rings. The van der Waals surface area contributed by atoms with Crippen LogP contribution in [-0.2, 0) is 0 Å². The number of rotatable bonds is 4. The molecule has 0 saturated carbocycles. The fraction of sp³-hybridized carbons (Fsp3) is 0.583. The number of amidine groups is 1. The third-order valence-electron chi connectivity index (χ3n) is 1.54. The Morgan fingerprint density at radius 2 is 1.93 bits per heavy atom. The molecule has 0 saturated heterocycles.